The van der Waals surface area contributed by atoms with Crippen molar-refractivity contribution in [1.82, 2.24) is 10.2 Å². The Labute approximate surface area is 175 Å². The number of hydrogen-bond donors (Lipinski definition) is 1. The lowest BCUT2D eigenvalue weighted by Gasteiger charge is -2.15. The summed E-state index contributed by atoms with van der Waals surface area (Å²) in [5.74, 6) is 1.92. The highest BCUT2D eigenvalue weighted by atomic mass is 16.5. The molecule has 7 nitrogen and oxygen atoms in total. The molecule has 2 heterocycles. The Morgan fingerprint density at radius 2 is 1.80 bits per heavy atom. The fourth-order valence-electron chi connectivity index (χ4n) is 3.39. The predicted molar refractivity (Wildman–Crippen MR) is 116 cm³/mol. The van der Waals surface area contributed by atoms with Crippen molar-refractivity contribution >= 4 is 17.4 Å². The molecule has 1 saturated heterocycles. The van der Waals surface area contributed by atoms with E-state index in [-0.39, 0.29) is 12.5 Å². The number of hydrogen-bond acceptors (Lipinski definition) is 6. The highest BCUT2D eigenvalue weighted by molar-refractivity contribution is 5.92. The predicted octanol–water partition coefficient (Wildman–Crippen LogP) is 3.77. The van der Waals surface area contributed by atoms with Crippen molar-refractivity contribution in [3.8, 4) is 22.8 Å². The third-order valence-corrected chi connectivity index (χ3v) is 4.93. The zero-order valence-electron chi connectivity index (χ0n) is 16.9. The first kappa shape index (κ1) is 19.7. The van der Waals surface area contributed by atoms with Crippen LogP contribution in [0.15, 0.2) is 60.7 Å². The number of anilines is 2. The zero-order chi connectivity index (χ0) is 20.8. The van der Waals surface area contributed by atoms with Crippen LogP contribution in [-0.2, 0) is 4.79 Å². The van der Waals surface area contributed by atoms with Gasteiger partial charge in [0.2, 0.25) is 0 Å². The minimum Gasteiger partial charge on any atom is -0.497 e. The number of nitrogens with one attached hydrogen (secondary N) is 1. The SMILES string of the molecule is COc1cccc(OCC(=O)Nc2cccc(-c3ccc(N4CCCC4)nn3)c2)c1. The van der Waals surface area contributed by atoms with Gasteiger partial charge in [0.15, 0.2) is 12.4 Å². The van der Waals surface area contributed by atoms with E-state index in [1.165, 1.54) is 12.8 Å². The molecule has 3 aromatic rings. The van der Waals surface area contributed by atoms with Crippen LogP contribution in [0.4, 0.5) is 11.5 Å². The van der Waals surface area contributed by atoms with Gasteiger partial charge in [-0.05, 0) is 49.2 Å². The van der Waals surface area contributed by atoms with Crippen LogP contribution in [0, 0.1) is 0 Å². The molecule has 1 N–H and O–H groups in total. The maximum absolute atomic E-state index is 12.3. The van der Waals surface area contributed by atoms with E-state index in [0.29, 0.717) is 17.2 Å². The first-order valence-corrected chi connectivity index (χ1v) is 9.97. The van der Waals surface area contributed by atoms with Crippen molar-refractivity contribution in [3.63, 3.8) is 0 Å². The lowest BCUT2D eigenvalue weighted by atomic mass is 10.1. The second-order valence-corrected chi connectivity index (χ2v) is 7.07. The number of nitrogens with zero attached hydrogens (tertiary/aromatic N) is 3. The summed E-state index contributed by atoms with van der Waals surface area (Å²) in [4.78, 5) is 14.5. The van der Waals surface area contributed by atoms with Crippen molar-refractivity contribution in [2.45, 2.75) is 12.8 Å². The van der Waals surface area contributed by atoms with E-state index in [2.05, 4.69) is 20.4 Å². The summed E-state index contributed by atoms with van der Waals surface area (Å²) >= 11 is 0. The largest absolute Gasteiger partial charge is 0.497 e. The number of aromatic nitrogens is 2. The van der Waals surface area contributed by atoms with E-state index in [1.54, 1.807) is 19.2 Å². The molecule has 0 saturated carbocycles. The van der Waals surface area contributed by atoms with Gasteiger partial charge in [-0.2, -0.15) is 0 Å². The zero-order valence-corrected chi connectivity index (χ0v) is 16.9. The fourth-order valence-corrected chi connectivity index (χ4v) is 3.39. The summed E-state index contributed by atoms with van der Waals surface area (Å²) in [7, 11) is 1.59. The summed E-state index contributed by atoms with van der Waals surface area (Å²) in [6.45, 7) is 1.97. The number of rotatable bonds is 7. The minimum atomic E-state index is -0.245. The van der Waals surface area contributed by atoms with E-state index in [4.69, 9.17) is 9.47 Å². The first-order chi connectivity index (χ1) is 14.7. The molecule has 4 rings (SSSR count). The molecule has 0 atom stereocenters. The summed E-state index contributed by atoms with van der Waals surface area (Å²) in [6, 6.07) is 18.6. The average Bonchev–Trinajstić information content (AvgIpc) is 3.33. The summed E-state index contributed by atoms with van der Waals surface area (Å²) in [5, 5.41) is 11.6. The molecule has 2 aromatic carbocycles. The Hall–Kier alpha value is -3.61. The van der Waals surface area contributed by atoms with E-state index in [1.807, 2.05) is 48.5 Å². The molecule has 30 heavy (non-hydrogen) atoms. The normalized spacial score (nSPS) is 13.2. The second kappa shape index (κ2) is 9.26. The number of amides is 1. The lowest BCUT2D eigenvalue weighted by Crippen LogP contribution is -2.20. The Bertz CT molecular complexity index is 1000. The van der Waals surface area contributed by atoms with Gasteiger partial charge in [0.1, 0.15) is 11.5 Å². The average molecular weight is 404 g/mol. The molecular formula is C23H24N4O3. The van der Waals surface area contributed by atoms with Gasteiger partial charge in [0.25, 0.3) is 5.91 Å². The topological polar surface area (TPSA) is 76.6 Å². The third-order valence-electron chi connectivity index (χ3n) is 4.93. The van der Waals surface area contributed by atoms with Crippen molar-refractivity contribution in [3.05, 3.63) is 60.7 Å². The quantitative estimate of drug-likeness (QED) is 0.646. The minimum absolute atomic E-state index is 0.0955. The van der Waals surface area contributed by atoms with Crippen molar-refractivity contribution in [1.29, 1.82) is 0 Å². The highest BCUT2D eigenvalue weighted by Gasteiger charge is 2.14. The van der Waals surface area contributed by atoms with E-state index in [9.17, 15) is 4.79 Å². The van der Waals surface area contributed by atoms with Crippen LogP contribution in [-0.4, -0.2) is 42.9 Å². The van der Waals surface area contributed by atoms with Gasteiger partial charge in [0.05, 0.1) is 12.8 Å². The van der Waals surface area contributed by atoms with Crippen molar-refractivity contribution in [2.24, 2.45) is 0 Å². The molecule has 1 fully saturated rings. The van der Waals surface area contributed by atoms with Gasteiger partial charge in [-0.3, -0.25) is 4.79 Å². The van der Waals surface area contributed by atoms with Crippen LogP contribution in [0.1, 0.15) is 12.8 Å². The Morgan fingerprint density at radius 3 is 2.57 bits per heavy atom. The van der Waals surface area contributed by atoms with Gasteiger partial charge >= 0.3 is 0 Å². The van der Waals surface area contributed by atoms with Gasteiger partial charge in [0, 0.05) is 30.4 Å². The monoisotopic (exact) mass is 404 g/mol. The number of ether oxygens (including phenoxy) is 2. The van der Waals surface area contributed by atoms with E-state index < -0.39 is 0 Å². The molecule has 1 aliphatic rings. The number of carbonyl (C=O) groups excluding carboxylic acids is 1. The summed E-state index contributed by atoms with van der Waals surface area (Å²) in [6.07, 6.45) is 2.40. The van der Waals surface area contributed by atoms with Crippen LogP contribution in [0.5, 0.6) is 11.5 Å². The molecule has 1 aromatic heterocycles. The molecule has 1 aliphatic heterocycles. The summed E-state index contributed by atoms with van der Waals surface area (Å²) in [5.41, 5.74) is 2.33. The molecule has 0 radical (unpaired) electrons. The van der Waals surface area contributed by atoms with Gasteiger partial charge in [-0.1, -0.05) is 18.2 Å². The number of methoxy groups -OCH3 is 1. The maximum Gasteiger partial charge on any atom is 0.262 e. The van der Waals surface area contributed by atoms with Gasteiger partial charge in [-0.25, -0.2) is 0 Å². The third kappa shape index (κ3) is 4.86. The fraction of sp³-hybridized carbons (Fsp3) is 0.261. The lowest BCUT2D eigenvalue weighted by molar-refractivity contribution is -0.118. The Kier molecular flexibility index (Phi) is 6.08. The van der Waals surface area contributed by atoms with Crippen LogP contribution in [0.3, 0.4) is 0 Å². The van der Waals surface area contributed by atoms with Crippen LogP contribution in [0.25, 0.3) is 11.3 Å². The molecule has 0 aliphatic carbocycles. The second-order valence-electron chi connectivity index (χ2n) is 7.07. The molecule has 0 unspecified atom stereocenters. The van der Waals surface area contributed by atoms with E-state index in [0.717, 1.165) is 30.2 Å². The van der Waals surface area contributed by atoms with Crippen molar-refractivity contribution < 1.29 is 14.3 Å². The van der Waals surface area contributed by atoms with E-state index >= 15 is 0 Å². The Morgan fingerprint density at radius 1 is 1.00 bits per heavy atom. The molecule has 1 amide bonds. The highest BCUT2D eigenvalue weighted by Crippen LogP contribution is 2.23. The Balaban J connectivity index is 1.37. The standard InChI is InChI=1S/C23H24N4O3/c1-29-19-8-5-9-20(15-19)30-16-23(28)24-18-7-4-6-17(14-18)21-10-11-22(26-25-21)27-12-2-3-13-27/h4-11,14-15H,2-3,12-13,16H2,1H3,(H,24,28). The molecule has 154 valence electrons. The van der Waals surface area contributed by atoms with Gasteiger partial charge < -0.3 is 19.7 Å². The van der Waals surface area contributed by atoms with Crippen LogP contribution < -0.4 is 19.7 Å². The van der Waals surface area contributed by atoms with Crippen molar-refractivity contribution in [2.75, 3.05) is 37.0 Å². The molecular weight excluding hydrogens is 380 g/mol. The van der Waals surface area contributed by atoms with Gasteiger partial charge in [-0.15, -0.1) is 10.2 Å². The number of carbonyl (C=O) groups is 1. The molecule has 0 bridgehead atoms. The van der Waals surface area contributed by atoms with Crippen LogP contribution >= 0.6 is 0 Å². The molecule has 7 heteroatoms. The van der Waals surface area contributed by atoms with Crippen LogP contribution in [0.2, 0.25) is 0 Å². The maximum atomic E-state index is 12.3. The number of benzene rings is 2. The summed E-state index contributed by atoms with van der Waals surface area (Å²) < 4.78 is 10.7. The molecule has 0 spiro atoms. The first-order valence-electron chi connectivity index (χ1n) is 9.97. The smallest absolute Gasteiger partial charge is 0.262 e.